The number of hydrogen-bond acceptors (Lipinski definition) is 4. The molecule has 1 aliphatic heterocycles. The zero-order valence-electron chi connectivity index (χ0n) is 23.8. The number of carbonyl (C=O) groups is 1. The molecule has 0 bridgehead atoms. The normalized spacial score (nSPS) is 15.4. The minimum Gasteiger partial charge on any atom is -0.496 e. The summed E-state index contributed by atoms with van der Waals surface area (Å²) in [6.45, 7) is 8.80. The molecular weight excluding hydrogens is 505 g/mol. The van der Waals surface area contributed by atoms with Crippen LogP contribution in [0, 0.1) is 25.6 Å². The number of aromatic amines is 1. The van der Waals surface area contributed by atoms with Gasteiger partial charge in [-0.15, -0.1) is 0 Å². The van der Waals surface area contributed by atoms with Gasteiger partial charge in [-0.25, -0.2) is 4.39 Å². The first kappa shape index (κ1) is 27.8. The highest BCUT2D eigenvalue weighted by molar-refractivity contribution is 6.09. The van der Waals surface area contributed by atoms with Crippen LogP contribution in [0.25, 0.3) is 10.9 Å². The first-order valence-corrected chi connectivity index (χ1v) is 14.1. The van der Waals surface area contributed by atoms with Gasteiger partial charge in [0.05, 0.1) is 12.7 Å². The number of ketones is 1. The molecule has 6 nitrogen and oxygen atoms in total. The van der Waals surface area contributed by atoms with Crippen LogP contribution in [0.3, 0.4) is 0 Å². The lowest BCUT2D eigenvalue weighted by molar-refractivity contribution is 0.0983. The van der Waals surface area contributed by atoms with Crippen molar-refractivity contribution >= 4 is 16.7 Å². The van der Waals surface area contributed by atoms with Crippen LogP contribution in [0.2, 0.25) is 0 Å². The number of carbonyl (C=O) groups excluding carboxylic acids is 1. The van der Waals surface area contributed by atoms with Gasteiger partial charge in [0.15, 0.2) is 5.78 Å². The fourth-order valence-corrected chi connectivity index (χ4v) is 6.43. The van der Waals surface area contributed by atoms with Crippen LogP contribution in [0.15, 0.2) is 59.4 Å². The van der Waals surface area contributed by atoms with Crippen molar-refractivity contribution in [1.29, 1.82) is 0 Å². The van der Waals surface area contributed by atoms with Crippen LogP contribution < -0.4 is 10.3 Å². The summed E-state index contributed by atoms with van der Waals surface area (Å²) < 4.78 is 21.4. The predicted molar refractivity (Wildman–Crippen MR) is 157 cm³/mol. The third-order valence-corrected chi connectivity index (χ3v) is 8.50. The fourth-order valence-electron chi connectivity index (χ4n) is 6.43. The Bertz CT molecular complexity index is 1580. The maximum atomic E-state index is 13.7. The first-order valence-electron chi connectivity index (χ1n) is 14.1. The van der Waals surface area contributed by atoms with Crippen LogP contribution in [0.5, 0.6) is 5.75 Å². The zero-order chi connectivity index (χ0) is 28.4. The molecule has 1 fully saturated rings. The molecule has 0 radical (unpaired) electrons. The largest absolute Gasteiger partial charge is 0.496 e. The minimum atomic E-state index is -0.207. The number of ether oxygens (including phenoxy) is 1. The van der Waals surface area contributed by atoms with Crippen molar-refractivity contribution in [3.63, 3.8) is 0 Å². The molecule has 40 heavy (non-hydrogen) atoms. The van der Waals surface area contributed by atoms with Gasteiger partial charge in [0.1, 0.15) is 11.6 Å². The van der Waals surface area contributed by atoms with E-state index in [1.54, 1.807) is 25.3 Å². The quantitative estimate of drug-likeness (QED) is 0.249. The maximum Gasteiger partial charge on any atom is 0.255 e. The van der Waals surface area contributed by atoms with Crippen molar-refractivity contribution in [2.24, 2.45) is 5.92 Å². The standard InChI is InChI=1S/C33H38FN3O3/c1-21-18-31(40-4)28(33(39)35-21)12-13-30(38)32-23(3)37(29-11-6-5-10-27(29)32)22(2)25-14-16-36(17-15-25)20-24-8-7-9-26(34)19-24/h5-11,18-19,22,25H,12-17,20H2,1-4H3,(H,35,39)/t22-/m1/s1. The Hall–Kier alpha value is -3.71. The van der Waals surface area contributed by atoms with Crippen molar-refractivity contribution in [3.05, 3.63) is 98.8 Å². The number of methoxy groups -OCH3 is 1. The summed E-state index contributed by atoms with van der Waals surface area (Å²) in [6, 6.07) is 17.0. The van der Waals surface area contributed by atoms with Gasteiger partial charge in [-0.05, 0) is 88.9 Å². The Balaban J connectivity index is 1.34. The van der Waals surface area contributed by atoms with Gasteiger partial charge in [-0.3, -0.25) is 14.5 Å². The van der Waals surface area contributed by atoms with Crippen LogP contribution in [-0.4, -0.2) is 40.4 Å². The number of fused-ring (bicyclic) bond motifs is 1. The molecule has 0 amide bonds. The highest BCUT2D eigenvalue weighted by atomic mass is 19.1. The van der Waals surface area contributed by atoms with Crippen molar-refractivity contribution in [3.8, 4) is 5.75 Å². The SMILES string of the molecule is COc1cc(C)[nH]c(=O)c1CCC(=O)c1c(C)n([C@H](C)C2CCN(Cc3cccc(F)c3)CC2)c2ccccc12. The first-order chi connectivity index (χ1) is 19.3. The van der Waals surface area contributed by atoms with Gasteiger partial charge in [-0.1, -0.05) is 30.3 Å². The Morgan fingerprint density at radius 3 is 2.58 bits per heavy atom. The number of piperidine rings is 1. The molecule has 7 heteroatoms. The number of aromatic nitrogens is 2. The molecule has 3 heterocycles. The topological polar surface area (TPSA) is 67.3 Å². The highest BCUT2D eigenvalue weighted by Gasteiger charge is 2.29. The third kappa shape index (κ3) is 5.61. The number of aryl methyl sites for hydroxylation is 1. The lowest BCUT2D eigenvalue weighted by Crippen LogP contribution is -2.36. The lowest BCUT2D eigenvalue weighted by atomic mass is 9.89. The molecule has 4 aromatic rings. The second-order valence-corrected chi connectivity index (χ2v) is 11.1. The molecule has 5 rings (SSSR count). The number of H-pyrrole nitrogens is 1. The summed E-state index contributed by atoms with van der Waals surface area (Å²) >= 11 is 0. The summed E-state index contributed by atoms with van der Waals surface area (Å²) in [5.41, 5.74) is 4.82. The number of likely N-dealkylation sites (tertiary alicyclic amines) is 1. The maximum absolute atomic E-state index is 13.7. The van der Waals surface area contributed by atoms with Crippen LogP contribution in [0.4, 0.5) is 4.39 Å². The summed E-state index contributed by atoms with van der Waals surface area (Å²) in [5, 5.41) is 0.963. The van der Waals surface area contributed by atoms with E-state index in [-0.39, 0.29) is 29.6 Å². The summed E-state index contributed by atoms with van der Waals surface area (Å²) in [7, 11) is 1.55. The third-order valence-electron chi connectivity index (χ3n) is 8.50. The Labute approximate surface area is 234 Å². The second-order valence-electron chi connectivity index (χ2n) is 11.1. The number of benzene rings is 2. The molecule has 0 spiro atoms. The fraction of sp³-hybridized carbons (Fsp3) is 0.394. The lowest BCUT2D eigenvalue weighted by Gasteiger charge is -2.36. The van der Waals surface area contributed by atoms with E-state index in [2.05, 4.69) is 27.4 Å². The molecule has 0 aliphatic carbocycles. The van der Waals surface area contributed by atoms with E-state index in [4.69, 9.17) is 4.74 Å². The number of nitrogens with one attached hydrogen (secondary N) is 1. The zero-order valence-corrected chi connectivity index (χ0v) is 23.8. The Morgan fingerprint density at radius 1 is 1.10 bits per heavy atom. The van der Waals surface area contributed by atoms with Crippen molar-refractivity contribution < 1.29 is 13.9 Å². The molecule has 1 aliphatic rings. The molecule has 1 saturated heterocycles. The molecule has 2 aromatic carbocycles. The Kier molecular flexibility index (Phi) is 8.22. The van der Waals surface area contributed by atoms with Gasteiger partial charge in [0.25, 0.3) is 5.56 Å². The number of rotatable bonds is 9. The van der Waals surface area contributed by atoms with Crippen molar-refractivity contribution in [2.45, 2.75) is 59.0 Å². The summed E-state index contributed by atoms with van der Waals surface area (Å²) in [5.74, 6) is 0.833. The number of pyridine rings is 1. The molecule has 1 atom stereocenters. The second kappa shape index (κ2) is 11.8. The van der Waals surface area contributed by atoms with Crippen molar-refractivity contribution in [2.75, 3.05) is 20.2 Å². The molecule has 2 aromatic heterocycles. The average molecular weight is 544 g/mol. The number of halogens is 1. The number of Topliss-reactive ketones (excluding diaryl/α,β-unsaturated/α-hetero) is 1. The molecule has 1 N–H and O–H groups in total. The monoisotopic (exact) mass is 543 g/mol. The summed E-state index contributed by atoms with van der Waals surface area (Å²) in [6.07, 6.45) is 2.63. The molecule has 0 unspecified atom stereocenters. The number of hydrogen-bond donors (Lipinski definition) is 1. The van der Waals surface area contributed by atoms with Crippen LogP contribution >= 0.6 is 0 Å². The highest BCUT2D eigenvalue weighted by Crippen LogP contribution is 2.36. The predicted octanol–water partition coefficient (Wildman–Crippen LogP) is 6.38. The van der Waals surface area contributed by atoms with E-state index in [1.807, 2.05) is 38.1 Å². The smallest absolute Gasteiger partial charge is 0.255 e. The number of nitrogens with zero attached hydrogens (tertiary/aromatic N) is 2. The Morgan fingerprint density at radius 2 is 1.85 bits per heavy atom. The summed E-state index contributed by atoms with van der Waals surface area (Å²) in [4.78, 5) is 31.5. The van der Waals surface area contributed by atoms with E-state index in [0.717, 1.165) is 65.9 Å². The molecule has 210 valence electrons. The van der Waals surface area contributed by atoms with Gasteiger partial charge >= 0.3 is 0 Å². The van der Waals surface area contributed by atoms with Crippen molar-refractivity contribution in [1.82, 2.24) is 14.5 Å². The van der Waals surface area contributed by atoms with E-state index in [0.29, 0.717) is 23.7 Å². The molecule has 0 saturated carbocycles. The minimum absolute atomic E-state index is 0.0339. The van der Waals surface area contributed by atoms with E-state index in [9.17, 15) is 14.0 Å². The van der Waals surface area contributed by atoms with Gasteiger partial charge in [-0.2, -0.15) is 0 Å². The van der Waals surface area contributed by atoms with E-state index in [1.165, 1.54) is 6.07 Å². The average Bonchev–Trinajstić information content (AvgIpc) is 3.23. The van der Waals surface area contributed by atoms with E-state index < -0.39 is 0 Å². The van der Waals surface area contributed by atoms with Gasteiger partial charge < -0.3 is 14.3 Å². The van der Waals surface area contributed by atoms with E-state index >= 15 is 0 Å². The van der Waals surface area contributed by atoms with Gasteiger partial charge in [0, 0.05) is 46.9 Å². The van der Waals surface area contributed by atoms with Gasteiger partial charge in [0.2, 0.25) is 0 Å². The van der Waals surface area contributed by atoms with Crippen LogP contribution in [0.1, 0.15) is 65.1 Å². The van der Waals surface area contributed by atoms with Crippen LogP contribution in [-0.2, 0) is 13.0 Å². The molecular formula is C33H38FN3O3. The number of para-hydroxylation sites is 1.